The maximum absolute atomic E-state index is 9.66. The molecule has 84 valence electrons. The fourth-order valence-electron chi connectivity index (χ4n) is 2.94. The molecule has 1 aliphatic rings. The molecular weight excluding hydrogens is 172 g/mol. The fraction of sp³-hybridized carbons (Fsp3) is 1.00. The number of hydrogen-bond acceptors (Lipinski definition) is 1. The van der Waals surface area contributed by atoms with Gasteiger partial charge in [-0.3, -0.25) is 0 Å². The van der Waals surface area contributed by atoms with Crippen LogP contribution >= 0.6 is 0 Å². The number of aliphatic hydroxyl groups excluding tert-OH is 1. The number of rotatable bonds is 4. The lowest BCUT2D eigenvalue weighted by Crippen LogP contribution is -2.28. The van der Waals surface area contributed by atoms with Crippen LogP contribution < -0.4 is 0 Å². The minimum absolute atomic E-state index is 0.00466. The summed E-state index contributed by atoms with van der Waals surface area (Å²) in [6, 6.07) is 0. The highest BCUT2D eigenvalue weighted by Gasteiger charge is 2.28. The second kappa shape index (κ2) is 5.75. The molecule has 0 spiro atoms. The first-order chi connectivity index (χ1) is 6.63. The normalized spacial score (nSPS) is 33.6. The zero-order valence-electron chi connectivity index (χ0n) is 10.00. The summed E-state index contributed by atoms with van der Waals surface area (Å²) in [6.45, 7) is 6.88. The molecular formula is C13H26O. The Bertz CT molecular complexity index is 151. The molecule has 1 aliphatic carbocycles. The molecule has 0 radical (unpaired) electrons. The molecule has 1 fully saturated rings. The largest absolute Gasteiger partial charge is 0.393 e. The lowest BCUT2D eigenvalue weighted by molar-refractivity contribution is 0.0573. The zero-order valence-corrected chi connectivity index (χ0v) is 10.00. The molecule has 0 bridgehead atoms. The Morgan fingerprint density at radius 3 is 2.50 bits per heavy atom. The van der Waals surface area contributed by atoms with E-state index in [0.29, 0.717) is 0 Å². The molecule has 0 saturated heterocycles. The standard InChI is InChI=1S/C13H26O/c1-4-5-11-9-13(14)7-6-12(11)8-10(2)3/h10-14H,4-9H2,1-3H3. The van der Waals surface area contributed by atoms with E-state index in [-0.39, 0.29) is 6.10 Å². The van der Waals surface area contributed by atoms with Crippen LogP contribution in [0.4, 0.5) is 0 Å². The van der Waals surface area contributed by atoms with E-state index in [4.69, 9.17) is 0 Å². The van der Waals surface area contributed by atoms with Crippen molar-refractivity contribution in [3.63, 3.8) is 0 Å². The predicted octanol–water partition coefficient (Wildman–Crippen LogP) is 3.61. The monoisotopic (exact) mass is 198 g/mol. The van der Waals surface area contributed by atoms with Gasteiger partial charge in [-0.15, -0.1) is 0 Å². The number of aliphatic hydroxyl groups is 1. The van der Waals surface area contributed by atoms with Gasteiger partial charge in [0.25, 0.3) is 0 Å². The van der Waals surface area contributed by atoms with Crippen molar-refractivity contribution >= 4 is 0 Å². The van der Waals surface area contributed by atoms with Crippen molar-refractivity contribution in [2.24, 2.45) is 17.8 Å². The van der Waals surface area contributed by atoms with E-state index in [0.717, 1.165) is 30.6 Å². The SMILES string of the molecule is CCCC1CC(O)CCC1CC(C)C. The highest BCUT2D eigenvalue weighted by molar-refractivity contribution is 4.80. The van der Waals surface area contributed by atoms with E-state index < -0.39 is 0 Å². The minimum Gasteiger partial charge on any atom is -0.393 e. The molecule has 0 aromatic heterocycles. The summed E-state index contributed by atoms with van der Waals surface area (Å²) in [5, 5.41) is 9.66. The first kappa shape index (κ1) is 12.0. The summed E-state index contributed by atoms with van der Waals surface area (Å²) in [5.41, 5.74) is 0. The molecule has 1 nitrogen and oxygen atoms in total. The van der Waals surface area contributed by atoms with Crippen LogP contribution in [0.5, 0.6) is 0 Å². The lowest BCUT2D eigenvalue weighted by Gasteiger charge is -2.35. The Kier molecular flexibility index (Phi) is 4.94. The van der Waals surface area contributed by atoms with Crippen molar-refractivity contribution in [3.8, 4) is 0 Å². The van der Waals surface area contributed by atoms with E-state index in [9.17, 15) is 5.11 Å². The summed E-state index contributed by atoms with van der Waals surface area (Å²) in [5.74, 6) is 2.50. The predicted molar refractivity (Wildman–Crippen MR) is 61.2 cm³/mol. The Hall–Kier alpha value is -0.0400. The highest BCUT2D eigenvalue weighted by Crippen LogP contribution is 2.37. The van der Waals surface area contributed by atoms with E-state index >= 15 is 0 Å². The van der Waals surface area contributed by atoms with Crippen molar-refractivity contribution in [2.45, 2.75) is 65.4 Å². The molecule has 1 heteroatoms. The molecule has 0 heterocycles. The highest BCUT2D eigenvalue weighted by atomic mass is 16.3. The van der Waals surface area contributed by atoms with Crippen molar-refractivity contribution in [1.29, 1.82) is 0 Å². The van der Waals surface area contributed by atoms with Gasteiger partial charge >= 0.3 is 0 Å². The molecule has 1 saturated carbocycles. The van der Waals surface area contributed by atoms with Gasteiger partial charge in [0.1, 0.15) is 0 Å². The number of hydrogen-bond donors (Lipinski definition) is 1. The van der Waals surface area contributed by atoms with Crippen molar-refractivity contribution in [2.75, 3.05) is 0 Å². The van der Waals surface area contributed by atoms with Gasteiger partial charge in [-0.2, -0.15) is 0 Å². The molecule has 3 unspecified atom stereocenters. The van der Waals surface area contributed by atoms with Crippen LogP contribution in [0.2, 0.25) is 0 Å². The topological polar surface area (TPSA) is 20.2 Å². The Balaban J connectivity index is 2.44. The van der Waals surface area contributed by atoms with Gasteiger partial charge in [0, 0.05) is 0 Å². The summed E-state index contributed by atoms with van der Waals surface area (Å²) in [7, 11) is 0. The molecule has 0 amide bonds. The summed E-state index contributed by atoms with van der Waals surface area (Å²) >= 11 is 0. The van der Waals surface area contributed by atoms with Gasteiger partial charge in [-0.1, -0.05) is 33.6 Å². The smallest absolute Gasteiger partial charge is 0.0543 e. The maximum Gasteiger partial charge on any atom is 0.0543 e. The maximum atomic E-state index is 9.66. The van der Waals surface area contributed by atoms with E-state index in [2.05, 4.69) is 20.8 Å². The van der Waals surface area contributed by atoms with Gasteiger partial charge in [0.2, 0.25) is 0 Å². The van der Waals surface area contributed by atoms with Crippen LogP contribution in [0.25, 0.3) is 0 Å². The van der Waals surface area contributed by atoms with E-state index in [1.807, 2.05) is 0 Å². The third-order valence-corrected chi connectivity index (χ3v) is 3.55. The van der Waals surface area contributed by atoms with Gasteiger partial charge < -0.3 is 5.11 Å². The second-order valence-corrected chi connectivity index (χ2v) is 5.41. The van der Waals surface area contributed by atoms with Gasteiger partial charge in [-0.05, 0) is 43.4 Å². The zero-order chi connectivity index (χ0) is 10.6. The van der Waals surface area contributed by atoms with Crippen LogP contribution in [0.15, 0.2) is 0 Å². The Morgan fingerprint density at radius 1 is 1.21 bits per heavy atom. The Morgan fingerprint density at radius 2 is 1.93 bits per heavy atom. The molecule has 14 heavy (non-hydrogen) atoms. The Labute approximate surface area is 88.9 Å². The van der Waals surface area contributed by atoms with Crippen LogP contribution in [0, 0.1) is 17.8 Å². The second-order valence-electron chi connectivity index (χ2n) is 5.41. The quantitative estimate of drug-likeness (QED) is 0.731. The molecule has 1 N–H and O–H groups in total. The van der Waals surface area contributed by atoms with Gasteiger partial charge in [-0.25, -0.2) is 0 Å². The summed E-state index contributed by atoms with van der Waals surface area (Å²) in [4.78, 5) is 0. The van der Waals surface area contributed by atoms with E-state index in [1.165, 1.54) is 25.7 Å². The first-order valence-corrected chi connectivity index (χ1v) is 6.31. The fourth-order valence-corrected chi connectivity index (χ4v) is 2.94. The minimum atomic E-state index is -0.00466. The molecule has 0 aromatic carbocycles. The molecule has 1 rings (SSSR count). The van der Waals surface area contributed by atoms with Crippen LogP contribution in [-0.2, 0) is 0 Å². The summed E-state index contributed by atoms with van der Waals surface area (Å²) in [6.07, 6.45) is 7.29. The van der Waals surface area contributed by atoms with Crippen LogP contribution in [0.1, 0.15) is 59.3 Å². The van der Waals surface area contributed by atoms with Gasteiger partial charge in [0.05, 0.1) is 6.10 Å². The van der Waals surface area contributed by atoms with Crippen molar-refractivity contribution in [1.82, 2.24) is 0 Å². The average Bonchev–Trinajstić information content (AvgIpc) is 2.09. The third kappa shape index (κ3) is 3.61. The van der Waals surface area contributed by atoms with Crippen LogP contribution in [-0.4, -0.2) is 11.2 Å². The van der Waals surface area contributed by atoms with Crippen molar-refractivity contribution < 1.29 is 5.11 Å². The van der Waals surface area contributed by atoms with Gasteiger partial charge in [0.15, 0.2) is 0 Å². The van der Waals surface area contributed by atoms with Crippen LogP contribution in [0.3, 0.4) is 0 Å². The molecule has 3 atom stereocenters. The average molecular weight is 198 g/mol. The van der Waals surface area contributed by atoms with Crippen molar-refractivity contribution in [3.05, 3.63) is 0 Å². The molecule has 0 aliphatic heterocycles. The first-order valence-electron chi connectivity index (χ1n) is 6.31. The summed E-state index contributed by atoms with van der Waals surface area (Å²) < 4.78 is 0. The third-order valence-electron chi connectivity index (χ3n) is 3.55. The van der Waals surface area contributed by atoms with E-state index in [1.54, 1.807) is 0 Å². The lowest BCUT2D eigenvalue weighted by atomic mass is 9.72. The molecule has 0 aromatic rings.